The molecule has 0 saturated carbocycles. The number of rotatable bonds is 5. The maximum Gasteiger partial charge on any atom is 0.341 e. The fourth-order valence-electron chi connectivity index (χ4n) is 2.84. The number of nitrogens with zero attached hydrogens (tertiary/aromatic N) is 3. The second-order valence-corrected chi connectivity index (χ2v) is 6.85. The Morgan fingerprint density at radius 1 is 1.25 bits per heavy atom. The van der Waals surface area contributed by atoms with E-state index in [1.807, 2.05) is 49.2 Å². The first kappa shape index (κ1) is 16.6. The lowest BCUT2D eigenvalue weighted by Crippen LogP contribution is -2.09. The molecule has 0 unspecified atom stereocenters. The van der Waals surface area contributed by atoms with Crippen molar-refractivity contribution >= 4 is 22.3 Å². The summed E-state index contributed by atoms with van der Waals surface area (Å²) in [7, 11) is 0. The van der Waals surface area contributed by atoms with Crippen LogP contribution in [-0.2, 0) is 4.74 Å². The van der Waals surface area contributed by atoms with E-state index in [9.17, 15) is 4.79 Å². The summed E-state index contributed by atoms with van der Waals surface area (Å²) in [5.74, 6) is -0.337. The molecule has 0 aliphatic carbocycles. The summed E-state index contributed by atoms with van der Waals surface area (Å²) in [6.45, 7) is 6.00. The zero-order chi connectivity index (χ0) is 16.9. The smallest absolute Gasteiger partial charge is 0.341 e. The third kappa shape index (κ3) is 3.48. The van der Waals surface area contributed by atoms with Crippen LogP contribution in [0.15, 0.2) is 40.7 Å². The molecular weight excluding hydrogens is 322 g/mol. The van der Waals surface area contributed by atoms with Crippen molar-refractivity contribution in [3.8, 4) is 11.1 Å². The number of carbonyl (C=O) groups is 1. The Kier molecular flexibility index (Phi) is 5.25. The number of esters is 1. The Balaban J connectivity index is 2.03. The molecule has 1 fully saturated rings. The molecule has 3 rings (SSSR count). The van der Waals surface area contributed by atoms with Crippen LogP contribution >= 0.6 is 11.3 Å². The van der Waals surface area contributed by atoms with Crippen LogP contribution in [0.25, 0.3) is 11.1 Å². The molecule has 0 bridgehead atoms. The maximum absolute atomic E-state index is 12.5. The fraction of sp³-hybridized carbons (Fsp3) is 0.389. The summed E-state index contributed by atoms with van der Waals surface area (Å²) in [6, 6.07) is 9.89. The van der Waals surface area contributed by atoms with Crippen molar-refractivity contribution in [1.82, 2.24) is 5.01 Å². The van der Waals surface area contributed by atoms with Crippen LogP contribution < -0.4 is 0 Å². The molecule has 0 spiro atoms. The van der Waals surface area contributed by atoms with Gasteiger partial charge >= 0.3 is 5.97 Å². The summed E-state index contributed by atoms with van der Waals surface area (Å²) in [5, 5.41) is 11.2. The summed E-state index contributed by atoms with van der Waals surface area (Å²) < 4.78 is 5.27. The lowest BCUT2D eigenvalue weighted by molar-refractivity contribution is 0.0528. The lowest BCUT2D eigenvalue weighted by Gasteiger charge is -2.08. The van der Waals surface area contributed by atoms with E-state index in [4.69, 9.17) is 4.74 Å². The van der Waals surface area contributed by atoms with Crippen LogP contribution in [0.2, 0.25) is 0 Å². The summed E-state index contributed by atoms with van der Waals surface area (Å²) in [6.07, 6.45) is 2.28. The lowest BCUT2D eigenvalue weighted by atomic mass is 10.0. The van der Waals surface area contributed by atoms with Gasteiger partial charge in [-0.25, -0.2) is 4.79 Å². The third-order valence-corrected chi connectivity index (χ3v) is 4.94. The monoisotopic (exact) mass is 343 g/mol. The van der Waals surface area contributed by atoms with Crippen molar-refractivity contribution in [2.24, 2.45) is 10.3 Å². The molecule has 1 saturated heterocycles. The highest BCUT2D eigenvalue weighted by Gasteiger charge is 2.24. The first-order valence-corrected chi connectivity index (χ1v) is 9.05. The van der Waals surface area contributed by atoms with Crippen molar-refractivity contribution in [3.63, 3.8) is 0 Å². The van der Waals surface area contributed by atoms with Crippen LogP contribution in [-0.4, -0.2) is 30.7 Å². The molecule has 0 amide bonds. The van der Waals surface area contributed by atoms with E-state index in [1.54, 1.807) is 0 Å². The Morgan fingerprint density at radius 3 is 2.62 bits per heavy atom. The van der Waals surface area contributed by atoms with E-state index in [0.717, 1.165) is 41.9 Å². The van der Waals surface area contributed by atoms with E-state index in [0.29, 0.717) is 17.2 Å². The average molecular weight is 343 g/mol. The number of benzene rings is 1. The van der Waals surface area contributed by atoms with Gasteiger partial charge in [0.15, 0.2) is 5.00 Å². The molecule has 1 aliphatic rings. The molecule has 5 nitrogen and oxygen atoms in total. The summed E-state index contributed by atoms with van der Waals surface area (Å²) in [4.78, 5) is 13.6. The predicted octanol–water partition coefficient (Wildman–Crippen LogP) is 4.99. The van der Waals surface area contributed by atoms with Gasteiger partial charge in [-0.15, -0.1) is 16.5 Å². The molecule has 6 heteroatoms. The van der Waals surface area contributed by atoms with Gasteiger partial charge < -0.3 is 4.74 Å². The highest BCUT2D eigenvalue weighted by atomic mass is 32.1. The van der Waals surface area contributed by atoms with Crippen molar-refractivity contribution < 1.29 is 9.53 Å². The fourth-order valence-corrected chi connectivity index (χ4v) is 3.82. The minimum Gasteiger partial charge on any atom is -0.462 e. The highest BCUT2D eigenvalue weighted by molar-refractivity contribution is 7.16. The van der Waals surface area contributed by atoms with E-state index < -0.39 is 0 Å². The second-order valence-electron chi connectivity index (χ2n) is 5.65. The molecular formula is C18H21N3O2S. The van der Waals surface area contributed by atoms with Gasteiger partial charge in [0, 0.05) is 23.5 Å². The van der Waals surface area contributed by atoms with Gasteiger partial charge in [-0.1, -0.05) is 35.6 Å². The van der Waals surface area contributed by atoms with E-state index in [2.05, 4.69) is 10.3 Å². The SMILES string of the molecule is CCOC(=O)c1c(/N=N/N2CCCC2)sc(C)c1-c1ccccc1. The number of ether oxygens (including phenoxy) is 1. The summed E-state index contributed by atoms with van der Waals surface area (Å²) >= 11 is 1.49. The van der Waals surface area contributed by atoms with Gasteiger partial charge in [0.25, 0.3) is 0 Å². The third-order valence-electron chi connectivity index (χ3n) is 3.95. The zero-order valence-corrected chi connectivity index (χ0v) is 14.8. The largest absolute Gasteiger partial charge is 0.462 e. The Bertz CT molecular complexity index is 734. The summed E-state index contributed by atoms with van der Waals surface area (Å²) in [5.41, 5.74) is 2.42. The zero-order valence-electron chi connectivity index (χ0n) is 14.0. The number of thiophene rings is 1. The maximum atomic E-state index is 12.5. The normalized spacial score (nSPS) is 14.5. The first-order chi connectivity index (χ1) is 11.7. The highest BCUT2D eigenvalue weighted by Crippen LogP contribution is 2.42. The van der Waals surface area contributed by atoms with Crippen molar-refractivity contribution in [2.45, 2.75) is 26.7 Å². The van der Waals surface area contributed by atoms with E-state index >= 15 is 0 Å². The van der Waals surface area contributed by atoms with Gasteiger partial charge in [-0.05, 0) is 32.3 Å². The van der Waals surface area contributed by atoms with Gasteiger partial charge in [0.1, 0.15) is 5.56 Å². The number of carbonyl (C=O) groups excluding carboxylic acids is 1. The standard InChI is InChI=1S/C18H21N3O2S/c1-3-23-18(22)16-15(14-9-5-4-6-10-14)13(2)24-17(16)19-20-21-11-7-8-12-21/h4-6,9-10H,3,7-8,11-12H2,1-2H3/b20-19+. The van der Waals surface area contributed by atoms with Crippen molar-refractivity contribution in [2.75, 3.05) is 19.7 Å². The Labute approximate surface area is 145 Å². The minimum atomic E-state index is -0.337. The van der Waals surface area contributed by atoms with Gasteiger partial charge in [0.05, 0.1) is 6.61 Å². The van der Waals surface area contributed by atoms with Crippen LogP contribution in [0.1, 0.15) is 35.0 Å². The molecule has 0 radical (unpaired) electrons. The minimum absolute atomic E-state index is 0.337. The first-order valence-electron chi connectivity index (χ1n) is 8.23. The van der Waals surface area contributed by atoms with Gasteiger partial charge in [-0.3, -0.25) is 5.01 Å². The molecule has 2 heterocycles. The molecule has 24 heavy (non-hydrogen) atoms. The molecule has 126 valence electrons. The van der Waals surface area contributed by atoms with Crippen LogP contribution in [0.4, 0.5) is 5.00 Å². The molecule has 1 aliphatic heterocycles. The number of hydrogen-bond donors (Lipinski definition) is 0. The van der Waals surface area contributed by atoms with E-state index in [-0.39, 0.29) is 5.97 Å². The topological polar surface area (TPSA) is 54.3 Å². The van der Waals surface area contributed by atoms with Gasteiger partial charge in [0.2, 0.25) is 0 Å². The molecule has 1 aromatic carbocycles. The Hall–Kier alpha value is -2.21. The van der Waals surface area contributed by atoms with Gasteiger partial charge in [-0.2, -0.15) is 0 Å². The van der Waals surface area contributed by atoms with Crippen LogP contribution in [0.3, 0.4) is 0 Å². The van der Waals surface area contributed by atoms with Crippen LogP contribution in [0, 0.1) is 6.92 Å². The average Bonchev–Trinajstić information content (AvgIpc) is 3.21. The predicted molar refractivity (Wildman–Crippen MR) is 95.8 cm³/mol. The van der Waals surface area contributed by atoms with Crippen LogP contribution in [0.5, 0.6) is 0 Å². The Morgan fingerprint density at radius 2 is 1.96 bits per heavy atom. The molecule has 0 N–H and O–H groups in total. The van der Waals surface area contributed by atoms with Crippen molar-refractivity contribution in [1.29, 1.82) is 0 Å². The molecule has 1 aromatic heterocycles. The number of aryl methyl sites for hydroxylation is 1. The molecule has 2 aromatic rings. The van der Waals surface area contributed by atoms with Crippen molar-refractivity contribution in [3.05, 3.63) is 40.8 Å². The number of hydrogen-bond acceptors (Lipinski definition) is 5. The molecule has 0 atom stereocenters. The van der Waals surface area contributed by atoms with E-state index in [1.165, 1.54) is 11.3 Å². The second kappa shape index (κ2) is 7.57. The quantitative estimate of drug-likeness (QED) is 0.567.